The SMILES string of the molecule is O=C(O)c1ccc(OCCCCCCCCCCCC(F)(F)C(F)(F)C(F)(F)C(F)(F)C(F)(F)C(F)(F)Cl)c([N+](=O)[O-])c1. The number of hydrogen-bond donors (Lipinski definition) is 1. The van der Waals surface area contributed by atoms with E-state index in [1.807, 2.05) is 0 Å². The van der Waals surface area contributed by atoms with Gasteiger partial charge in [-0.1, -0.05) is 44.9 Å². The van der Waals surface area contributed by atoms with Crippen LogP contribution in [0.25, 0.3) is 0 Å². The highest BCUT2D eigenvalue weighted by Gasteiger charge is 2.89. The van der Waals surface area contributed by atoms with E-state index in [9.17, 15) is 67.6 Å². The second-order valence-electron chi connectivity index (χ2n) is 9.52. The smallest absolute Gasteiger partial charge is 0.393 e. The number of carboxylic acid groups (broad SMARTS) is 1. The molecule has 0 fully saturated rings. The largest absolute Gasteiger partial charge is 0.487 e. The van der Waals surface area contributed by atoms with E-state index in [2.05, 4.69) is 11.6 Å². The molecule has 1 rings (SSSR count). The number of ether oxygens (including phenoxy) is 1. The molecule has 43 heavy (non-hydrogen) atoms. The van der Waals surface area contributed by atoms with Crippen LogP contribution >= 0.6 is 11.6 Å². The Hall–Kier alpha value is -2.66. The van der Waals surface area contributed by atoms with Crippen LogP contribution in [0.4, 0.5) is 58.4 Å². The Morgan fingerprint density at radius 2 is 1.19 bits per heavy atom. The molecule has 0 radical (unpaired) electrons. The van der Waals surface area contributed by atoms with E-state index in [4.69, 9.17) is 9.84 Å². The fourth-order valence-electron chi connectivity index (χ4n) is 3.74. The van der Waals surface area contributed by atoms with Crippen LogP contribution in [0.2, 0.25) is 0 Å². The molecule has 0 saturated carbocycles. The number of nitrogens with zero attached hydrogens (tertiary/aromatic N) is 1. The Morgan fingerprint density at radius 3 is 1.63 bits per heavy atom. The molecule has 0 heterocycles. The normalized spacial score (nSPS) is 13.7. The van der Waals surface area contributed by atoms with Crippen molar-refractivity contribution in [2.75, 3.05) is 6.61 Å². The van der Waals surface area contributed by atoms with Crippen molar-refractivity contribution in [1.82, 2.24) is 0 Å². The minimum atomic E-state index is -7.64. The summed E-state index contributed by atoms with van der Waals surface area (Å²) in [6, 6.07) is 3.14. The third-order valence-corrected chi connectivity index (χ3v) is 6.53. The van der Waals surface area contributed by atoms with Crippen molar-refractivity contribution < 1.29 is 72.2 Å². The third-order valence-electron chi connectivity index (χ3n) is 6.29. The van der Waals surface area contributed by atoms with Crippen molar-refractivity contribution >= 4 is 23.3 Å². The summed E-state index contributed by atoms with van der Waals surface area (Å²) >= 11 is 3.65. The Bertz CT molecular complexity index is 1100. The molecule has 6 nitrogen and oxygen atoms in total. The Balaban J connectivity index is 2.41. The zero-order valence-electron chi connectivity index (χ0n) is 22.0. The Labute approximate surface area is 241 Å². The second kappa shape index (κ2) is 14.4. The standard InChI is InChI=1S/C24H26ClF12NO5/c25-24(36,37)23(34,35)22(32,33)21(30,31)20(28,29)19(26,27)12-8-6-4-2-1-3-5-7-9-13-43-17-11-10-15(18(39)40)14-16(17)38(41)42/h10-11,14H,1-9,12-13H2,(H,39,40). The molecule has 0 amide bonds. The number of aromatic carboxylic acids is 1. The number of hydrogen-bond acceptors (Lipinski definition) is 4. The van der Waals surface area contributed by atoms with Crippen LogP contribution in [0, 0.1) is 10.1 Å². The molecule has 0 spiro atoms. The lowest BCUT2D eigenvalue weighted by atomic mass is 9.91. The molecule has 0 bridgehead atoms. The number of alkyl halides is 13. The van der Waals surface area contributed by atoms with Crippen molar-refractivity contribution in [1.29, 1.82) is 0 Å². The van der Waals surface area contributed by atoms with Gasteiger partial charge < -0.3 is 9.84 Å². The first kappa shape index (κ1) is 38.4. The molecule has 0 aliphatic heterocycles. The average Bonchev–Trinajstić information content (AvgIpc) is 2.87. The van der Waals surface area contributed by atoms with E-state index in [-0.39, 0.29) is 30.8 Å². The van der Waals surface area contributed by atoms with Crippen LogP contribution in [0.15, 0.2) is 18.2 Å². The summed E-state index contributed by atoms with van der Waals surface area (Å²) in [7, 11) is 0. The van der Waals surface area contributed by atoms with Gasteiger partial charge in [-0.2, -0.15) is 52.7 Å². The van der Waals surface area contributed by atoms with Gasteiger partial charge in [0.25, 0.3) is 0 Å². The van der Waals surface area contributed by atoms with E-state index in [0.29, 0.717) is 38.5 Å². The van der Waals surface area contributed by atoms with Gasteiger partial charge in [-0.15, -0.1) is 0 Å². The highest BCUT2D eigenvalue weighted by atomic mass is 35.5. The molecule has 19 heteroatoms. The van der Waals surface area contributed by atoms with Crippen LogP contribution < -0.4 is 4.74 Å². The minimum Gasteiger partial charge on any atom is -0.487 e. The minimum absolute atomic E-state index is 0.0724. The quantitative estimate of drug-likeness (QED) is 0.0490. The Kier molecular flexibility index (Phi) is 12.9. The number of halogens is 13. The van der Waals surface area contributed by atoms with Crippen molar-refractivity contribution in [3.8, 4) is 5.75 Å². The van der Waals surface area contributed by atoms with Gasteiger partial charge in [-0.3, -0.25) is 10.1 Å². The van der Waals surface area contributed by atoms with Gasteiger partial charge in [0.1, 0.15) is 0 Å². The Morgan fingerprint density at radius 1 is 0.744 bits per heavy atom. The predicted molar refractivity (Wildman–Crippen MR) is 127 cm³/mol. The van der Waals surface area contributed by atoms with Gasteiger partial charge in [0.2, 0.25) is 0 Å². The van der Waals surface area contributed by atoms with Gasteiger partial charge in [0.15, 0.2) is 5.75 Å². The van der Waals surface area contributed by atoms with E-state index in [1.54, 1.807) is 0 Å². The number of carboxylic acids is 1. The van der Waals surface area contributed by atoms with E-state index >= 15 is 0 Å². The maximum atomic E-state index is 13.8. The zero-order valence-corrected chi connectivity index (χ0v) is 22.7. The number of benzene rings is 1. The first-order valence-electron chi connectivity index (χ1n) is 12.6. The molecule has 0 unspecified atom stereocenters. The molecule has 0 saturated heterocycles. The van der Waals surface area contributed by atoms with Gasteiger partial charge >= 0.3 is 46.7 Å². The molecule has 1 aromatic carbocycles. The maximum absolute atomic E-state index is 13.8. The van der Waals surface area contributed by atoms with Crippen LogP contribution in [0.5, 0.6) is 5.75 Å². The van der Waals surface area contributed by atoms with E-state index in [1.165, 1.54) is 0 Å². The van der Waals surface area contributed by atoms with Crippen LogP contribution in [0.3, 0.4) is 0 Å². The maximum Gasteiger partial charge on any atom is 0.393 e. The molecular formula is C24H26ClF12NO5. The first-order valence-corrected chi connectivity index (χ1v) is 12.9. The molecule has 0 aliphatic carbocycles. The lowest BCUT2D eigenvalue weighted by molar-refractivity contribution is -0.417. The molecule has 1 N–H and O–H groups in total. The molecule has 0 aromatic heterocycles. The number of nitro groups is 1. The molecule has 248 valence electrons. The molecule has 0 atom stereocenters. The summed E-state index contributed by atoms with van der Waals surface area (Å²) in [5, 5.41) is 13.5. The summed E-state index contributed by atoms with van der Waals surface area (Å²) in [4.78, 5) is 21.2. The fourth-order valence-corrected chi connectivity index (χ4v) is 3.86. The van der Waals surface area contributed by atoms with Crippen LogP contribution in [-0.2, 0) is 0 Å². The second-order valence-corrected chi connectivity index (χ2v) is 10.00. The van der Waals surface area contributed by atoms with Crippen LogP contribution in [0.1, 0.15) is 74.6 Å². The first-order chi connectivity index (χ1) is 19.5. The number of rotatable bonds is 20. The average molecular weight is 672 g/mol. The summed E-state index contributed by atoms with van der Waals surface area (Å²) < 4.78 is 166. The lowest BCUT2D eigenvalue weighted by Gasteiger charge is -2.40. The predicted octanol–water partition coefficient (Wildman–Crippen LogP) is 9.58. The summed E-state index contributed by atoms with van der Waals surface area (Å²) in [5.41, 5.74) is -0.817. The fraction of sp³-hybridized carbons (Fsp3) is 0.708. The number of carbonyl (C=O) groups is 1. The monoisotopic (exact) mass is 671 g/mol. The van der Waals surface area contributed by atoms with Crippen LogP contribution in [-0.4, -0.2) is 57.6 Å². The highest BCUT2D eigenvalue weighted by Crippen LogP contribution is 2.61. The number of nitro benzene ring substituents is 1. The van der Waals surface area contributed by atoms with Gasteiger partial charge in [-0.25, -0.2) is 4.79 Å². The highest BCUT2D eigenvalue weighted by molar-refractivity contribution is 6.22. The van der Waals surface area contributed by atoms with Crippen molar-refractivity contribution in [3.63, 3.8) is 0 Å². The summed E-state index contributed by atoms with van der Waals surface area (Å²) in [6.07, 6.45) is 0.0174. The van der Waals surface area contributed by atoms with Crippen molar-refractivity contribution in [3.05, 3.63) is 33.9 Å². The van der Waals surface area contributed by atoms with Gasteiger partial charge in [0.05, 0.1) is 17.1 Å². The molecule has 0 aliphatic rings. The summed E-state index contributed by atoms with van der Waals surface area (Å²) in [5.74, 6) is -37.1. The van der Waals surface area contributed by atoms with Gasteiger partial charge in [-0.05, 0) is 36.6 Å². The van der Waals surface area contributed by atoms with E-state index in [0.717, 1.165) is 18.2 Å². The summed E-state index contributed by atoms with van der Waals surface area (Å²) in [6.45, 7) is 0.0724. The van der Waals surface area contributed by atoms with E-state index < -0.39 is 64.4 Å². The molecule has 1 aromatic rings. The van der Waals surface area contributed by atoms with Gasteiger partial charge in [0, 0.05) is 12.5 Å². The van der Waals surface area contributed by atoms with Crippen molar-refractivity contribution in [2.24, 2.45) is 0 Å². The lowest BCUT2D eigenvalue weighted by Crippen LogP contribution is -2.69. The number of unbranched alkanes of at least 4 members (excludes halogenated alkanes) is 8. The topological polar surface area (TPSA) is 89.7 Å². The zero-order chi connectivity index (χ0) is 33.5. The van der Waals surface area contributed by atoms with Crippen molar-refractivity contribution in [2.45, 2.75) is 99.2 Å². The third kappa shape index (κ3) is 8.71. The molecular weight excluding hydrogens is 646 g/mol.